The normalized spacial score (nSPS) is 10.8. The number of methoxy groups -OCH3 is 1. The van der Waals surface area contributed by atoms with Crippen molar-refractivity contribution in [3.8, 4) is 5.88 Å². The number of ether oxygens (including phenoxy) is 2. The van der Waals surface area contributed by atoms with Crippen molar-refractivity contribution in [2.24, 2.45) is 0 Å². The zero-order valence-electron chi connectivity index (χ0n) is 14.2. The number of fused-ring (bicyclic) bond motifs is 1. The zero-order valence-corrected chi connectivity index (χ0v) is 14.2. The van der Waals surface area contributed by atoms with Gasteiger partial charge in [0.25, 0.3) is 5.91 Å². The summed E-state index contributed by atoms with van der Waals surface area (Å²) in [6, 6.07) is 9.47. The van der Waals surface area contributed by atoms with E-state index in [-0.39, 0.29) is 5.91 Å². The summed E-state index contributed by atoms with van der Waals surface area (Å²) < 4.78 is 10.3. The number of aromatic amines is 1. The summed E-state index contributed by atoms with van der Waals surface area (Å²) in [6.45, 7) is 3.31. The average molecular weight is 340 g/mol. The summed E-state index contributed by atoms with van der Waals surface area (Å²) >= 11 is 0. The molecule has 0 radical (unpaired) electrons. The highest BCUT2D eigenvalue weighted by atomic mass is 16.5. The number of carbonyl (C=O) groups is 1. The molecule has 0 saturated heterocycles. The summed E-state index contributed by atoms with van der Waals surface area (Å²) in [4.78, 5) is 16.6. The Balaban J connectivity index is 1.60. The second kappa shape index (κ2) is 7.76. The minimum atomic E-state index is -0.225. The van der Waals surface area contributed by atoms with E-state index in [2.05, 4.69) is 20.5 Å². The van der Waals surface area contributed by atoms with E-state index in [9.17, 15) is 4.79 Å². The van der Waals surface area contributed by atoms with Crippen molar-refractivity contribution < 1.29 is 14.3 Å². The Morgan fingerprint density at radius 1 is 1.24 bits per heavy atom. The molecule has 0 unspecified atom stereocenters. The van der Waals surface area contributed by atoms with E-state index in [0.717, 1.165) is 22.0 Å². The van der Waals surface area contributed by atoms with Crippen LogP contribution in [-0.2, 0) is 11.3 Å². The highest BCUT2D eigenvalue weighted by Gasteiger charge is 2.14. The maximum Gasteiger partial charge on any atom is 0.272 e. The number of aromatic nitrogens is 3. The molecule has 2 heterocycles. The van der Waals surface area contributed by atoms with Gasteiger partial charge in [0.15, 0.2) is 5.69 Å². The zero-order chi connectivity index (χ0) is 17.6. The first-order valence-electron chi connectivity index (χ1n) is 7.97. The van der Waals surface area contributed by atoms with E-state index < -0.39 is 0 Å². The maximum absolute atomic E-state index is 12.4. The molecular formula is C18H20N4O3. The maximum atomic E-state index is 12.4. The van der Waals surface area contributed by atoms with Crippen LogP contribution < -0.4 is 10.1 Å². The fourth-order valence-corrected chi connectivity index (χ4v) is 2.40. The van der Waals surface area contributed by atoms with Crippen LogP contribution in [0.25, 0.3) is 10.9 Å². The summed E-state index contributed by atoms with van der Waals surface area (Å²) in [5.74, 6) is 0.304. The number of aryl methyl sites for hydroxylation is 1. The molecule has 1 amide bonds. The first-order chi connectivity index (χ1) is 12.2. The molecule has 0 saturated carbocycles. The van der Waals surface area contributed by atoms with Crippen molar-refractivity contribution in [1.29, 1.82) is 0 Å². The lowest BCUT2D eigenvalue weighted by Crippen LogP contribution is -2.23. The summed E-state index contributed by atoms with van der Waals surface area (Å²) in [5.41, 5.74) is 3.20. The quantitative estimate of drug-likeness (QED) is 0.644. The van der Waals surface area contributed by atoms with Gasteiger partial charge in [-0.05, 0) is 24.6 Å². The molecule has 0 aliphatic carbocycles. The number of nitrogens with zero attached hydrogens (tertiary/aromatic N) is 2. The number of nitrogens with one attached hydrogen (secondary N) is 2. The van der Waals surface area contributed by atoms with E-state index in [0.29, 0.717) is 31.3 Å². The van der Waals surface area contributed by atoms with Crippen LogP contribution in [0.15, 0.2) is 36.5 Å². The molecule has 0 aliphatic heterocycles. The summed E-state index contributed by atoms with van der Waals surface area (Å²) in [5, 5.41) is 10.7. The largest absolute Gasteiger partial charge is 0.475 e. The lowest BCUT2D eigenvalue weighted by Gasteiger charge is -2.06. The van der Waals surface area contributed by atoms with Gasteiger partial charge in [0.1, 0.15) is 6.61 Å². The van der Waals surface area contributed by atoms with Crippen LogP contribution in [0.1, 0.15) is 21.6 Å². The lowest BCUT2D eigenvalue weighted by molar-refractivity contribution is 0.0947. The predicted octanol–water partition coefficient (Wildman–Crippen LogP) is 2.22. The monoisotopic (exact) mass is 340 g/mol. The number of hydrogen-bond donors (Lipinski definition) is 2. The van der Waals surface area contributed by atoms with Crippen LogP contribution in [0.4, 0.5) is 0 Å². The van der Waals surface area contributed by atoms with E-state index in [1.807, 2.05) is 31.2 Å². The minimum absolute atomic E-state index is 0.225. The van der Waals surface area contributed by atoms with E-state index in [1.54, 1.807) is 19.4 Å². The summed E-state index contributed by atoms with van der Waals surface area (Å²) in [7, 11) is 1.62. The molecule has 3 rings (SSSR count). The topological polar surface area (TPSA) is 89.1 Å². The number of benzene rings is 1. The lowest BCUT2D eigenvalue weighted by atomic mass is 10.1. The number of rotatable bonds is 7. The molecule has 0 atom stereocenters. The van der Waals surface area contributed by atoms with Gasteiger partial charge >= 0.3 is 0 Å². The van der Waals surface area contributed by atoms with Crippen molar-refractivity contribution >= 4 is 16.8 Å². The molecule has 2 N–H and O–H groups in total. The van der Waals surface area contributed by atoms with Crippen molar-refractivity contribution in [3.05, 3.63) is 53.3 Å². The van der Waals surface area contributed by atoms with Gasteiger partial charge in [0.2, 0.25) is 5.88 Å². The molecule has 0 aliphatic rings. The third-order valence-corrected chi connectivity index (χ3v) is 3.72. The predicted molar refractivity (Wildman–Crippen MR) is 93.6 cm³/mol. The van der Waals surface area contributed by atoms with Crippen molar-refractivity contribution in [2.75, 3.05) is 20.3 Å². The third-order valence-electron chi connectivity index (χ3n) is 3.72. The molecule has 7 nitrogen and oxygen atoms in total. The number of carbonyl (C=O) groups excluding carboxylic acids is 1. The Kier molecular flexibility index (Phi) is 5.25. The van der Waals surface area contributed by atoms with E-state index in [1.165, 1.54) is 0 Å². The number of hydrogen-bond acceptors (Lipinski definition) is 5. The Bertz CT molecular complexity index is 858. The van der Waals surface area contributed by atoms with Crippen LogP contribution >= 0.6 is 0 Å². The number of pyridine rings is 1. The number of amides is 1. The second-order valence-corrected chi connectivity index (χ2v) is 5.65. The molecule has 1 aromatic carbocycles. The molecular weight excluding hydrogens is 320 g/mol. The Labute approximate surface area is 145 Å². The SMILES string of the molecule is COCCOc1ccc(CNC(=O)c2n[nH]c3ccc(C)cc23)cn1. The van der Waals surface area contributed by atoms with Crippen LogP contribution in [0.2, 0.25) is 0 Å². The first-order valence-corrected chi connectivity index (χ1v) is 7.97. The molecule has 0 bridgehead atoms. The van der Waals surface area contributed by atoms with Gasteiger partial charge in [0, 0.05) is 31.3 Å². The van der Waals surface area contributed by atoms with Crippen molar-refractivity contribution in [1.82, 2.24) is 20.5 Å². The Morgan fingerprint density at radius 2 is 2.12 bits per heavy atom. The third kappa shape index (κ3) is 4.13. The number of H-pyrrole nitrogens is 1. The van der Waals surface area contributed by atoms with Crippen LogP contribution in [0.3, 0.4) is 0 Å². The van der Waals surface area contributed by atoms with Crippen LogP contribution in [0, 0.1) is 6.92 Å². The molecule has 3 aromatic rings. The smallest absolute Gasteiger partial charge is 0.272 e. The molecule has 130 valence electrons. The van der Waals surface area contributed by atoms with Gasteiger partial charge < -0.3 is 14.8 Å². The van der Waals surface area contributed by atoms with Crippen molar-refractivity contribution in [3.63, 3.8) is 0 Å². The fraction of sp³-hybridized carbons (Fsp3) is 0.278. The van der Waals surface area contributed by atoms with Gasteiger partial charge in [-0.25, -0.2) is 4.98 Å². The first kappa shape index (κ1) is 16.9. The van der Waals surface area contributed by atoms with Gasteiger partial charge in [-0.1, -0.05) is 17.7 Å². The summed E-state index contributed by atoms with van der Waals surface area (Å²) in [6.07, 6.45) is 1.68. The molecule has 25 heavy (non-hydrogen) atoms. The Hall–Kier alpha value is -2.93. The van der Waals surface area contributed by atoms with E-state index >= 15 is 0 Å². The van der Waals surface area contributed by atoms with Gasteiger partial charge in [-0.15, -0.1) is 0 Å². The molecule has 7 heteroatoms. The highest BCUT2D eigenvalue weighted by molar-refractivity contribution is 6.04. The Morgan fingerprint density at radius 3 is 2.88 bits per heavy atom. The molecule has 0 fully saturated rings. The highest BCUT2D eigenvalue weighted by Crippen LogP contribution is 2.17. The van der Waals surface area contributed by atoms with Crippen LogP contribution in [0.5, 0.6) is 5.88 Å². The minimum Gasteiger partial charge on any atom is -0.475 e. The van der Waals surface area contributed by atoms with Crippen LogP contribution in [-0.4, -0.2) is 41.4 Å². The van der Waals surface area contributed by atoms with Gasteiger partial charge in [-0.3, -0.25) is 9.89 Å². The molecule has 0 spiro atoms. The standard InChI is InChI=1S/C18H20N4O3/c1-12-3-5-15-14(9-12)17(22-21-15)18(23)20-11-13-4-6-16(19-10-13)25-8-7-24-2/h3-6,9-10H,7-8,11H2,1-2H3,(H,20,23)(H,21,22). The van der Waals surface area contributed by atoms with Gasteiger partial charge in [-0.2, -0.15) is 5.10 Å². The van der Waals surface area contributed by atoms with Gasteiger partial charge in [0.05, 0.1) is 12.1 Å². The van der Waals surface area contributed by atoms with Crippen molar-refractivity contribution in [2.45, 2.75) is 13.5 Å². The average Bonchev–Trinajstić information content (AvgIpc) is 3.04. The molecule has 2 aromatic heterocycles. The second-order valence-electron chi connectivity index (χ2n) is 5.65. The fourth-order valence-electron chi connectivity index (χ4n) is 2.40. The van der Waals surface area contributed by atoms with E-state index in [4.69, 9.17) is 9.47 Å².